The molecule has 0 radical (unpaired) electrons. The van der Waals surface area contributed by atoms with Gasteiger partial charge >= 0.3 is 0 Å². The highest BCUT2D eigenvalue weighted by molar-refractivity contribution is 6.07. The molecule has 2 heterocycles. The van der Waals surface area contributed by atoms with E-state index in [1.54, 1.807) is 38.1 Å². The van der Waals surface area contributed by atoms with Gasteiger partial charge < -0.3 is 24.8 Å². The van der Waals surface area contributed by atoms with E-state index in [2.05, 4.69) is 62.2 Å². The van der Waals surface area contributed by atoms with E-state index in [-0.39, 0.29) is 5.91 Å². The van der Waals surface area contributed by atoms with Crippen LogP contribution in [0, 0.1) is 0 Å². The normalized spacial score (nSPS) is 12.7. The molecular weight excluding hydrogens is 580 g/mol. The molecule has 236 valence electrons. The summed E-state index contributed by atoms with van der Waals surface area (Å²) in [5.74, 6) is 1.85. The molecule has 0 atom stereocenters. The van der Waals surface area contributed by atoms with Gasteiger partial charge in [-0.2, -0.15) is 0 Å². The number of benzene rings is 4. The Balaban J connectivity index is 1.03. The van der Waals surface area contributed by atoms with Gasteiger partial charge in [0.25, 0.3) is 5.91 Å². The molecule has 5 aromatic rings. The molecule has 0 saturated heterocycles. The van der Waals surface area contributed by atoms with Gasteiger partial charge in [-0.15, -0.1) is 5.10 Å². The summed E-state index contributed by atoms with van der Waals surface area (Å²) in [6.45, 7) is 3.35. The highest BCUT2D eigenvalue weighted by atomic mass is 16.5. The first kappa shape index (κ1) is 30.7. The van der Waals surface area contributed by atoms with Crippen LogP contribution in [0.3, 0.4) is 0 Å². The average molecular weight is 619 g/mol. The average Bonchev–Trinajstić information content (AvgIpc) is 3.59. The Labute approximate surface area is 268 Å². The van der Waals surface area contributed by atoms with Gasteiger partial charge in [-0.05, 0) is 78.1 Å². The van der Waals surface area contributed by atoms with E-state index in [4.69, 9.17) is 14.2 Å². The highest BCUT2D eigenvalue weighted by Crippen LogP contribution is 2.33. The Morgan fingerprint density at radius 3 is 2.28 bits per heavy atom. The maximum Gasteiger partial charge on any atom is 0.259 e. The number of hydrogen-bond acceptors (Lipinski definition) is 8. The lowest BCUT2D eigenvalue weighted by atomic mass is 9.98. The van der Waals surface area contributed by atoms with Gasteiger partial charge in [-0.1, -0.05) is 41.6 Å². The maximum absolute atomic E-state index is 13.0. The van der Waals surface area contributed by atoms with Gasteiger partial charge in [-0.25, -0.2) is 4.68 Å². The molecule has 0 unspecified atom stereocenters. The molecule has 2 N–H and O–H groups in total. The van der Waals surface area contributed by atoms with Gasteiger partial charge in [0.05, 0.1) is 56.7 Å². The number of carbonyl (C=O) groups excluding carboxylic acids is 1. The van der Waals surface area contributed by atoms with E-state index in [1.165, 1.54) is 16.7 Å². The van der Waals surface area contributed by atoms with Crippen LogP contribution in [0.25, 0.3) is 5.69 Å². The molecule has 1 aromatic heterocycles. The van der Waals surface area contributed by atoms with Gasteiger partial charge in [0.15, 0.2) is 11.5 Å². The summed E-state index contributed by atoms with van der Waals surface area (Å²) in [4.78, 5) is 15.4. The molecule has 0 spiro atoms. The van der Waals surface area contributed by atoms with Crippen molar-refractivity contribution in [3.05, 3.63) is 119 Å². The molecule has 0 fully saturated rings. The van der Waals surface area contributed by atoms with Crippen LogP contribution in [-0.4, -0.2) is 60.2 Å². The Bertz CT molecular complexity index is 1800. The smallest absolute Gasteiger partial charge is 0.259 e. The number of para-hydroxylation sites is 3. The Hall–Kier alpha value is -5.35. The number of methoxy groups -OCH3 is 3. The van der Waals surface area contributed by atoms with Gasteiger partial charge in [0.1, 0.15) is 11.4 Å². The van der Waals surface area contributed by atoms with Crippen molar-refractivity contribution in [3.63, 3.8) is 0 Å². The number of rotatable bonds is 12. The summed E-state index contributed by atoms with van der Waals surface area (Å²) < 4.78 is 18.1. The number of aromatic nitrogens is 3. The van der Waals surface area contributed by atoms with Crippen LogP contribution in [0.4, 0.5) is 11.4 Å². The van der Waals surface area contributed by atoms with Crippen molar-refractivity contribution >= 4 is 17.3 Å². The van der Waals surface area contributed by atoms with Crippen LogP contribution in [0.2, 0.25) is 0 Å². The molecule has 4 aromatic carbocycles. The molecule has 0 saturated carbocycles. The number of amides is 1. The third-order valence-electron chi connectivity index (χ3n) is 8.24. The number of hydrogen-bond donors (Lipinski definition) is 2. The first-order valence-electron chi connectivity index (χ1n) is 15.3. The van der Waals surface area contributed by atoms with Gasteiger partial charge in [0, 0.05) is 19.6 Å². The third kappa shape index (κ3) is 6.97. The van der Waals surface area contributed by atoms with Crippen LogP contribution in [-0.2, 0) is 25.9 Å². The summed E-state index contributed by atoms with van der Waals surface area (Å²) >= 11 is 0. The minimum Gasteiger partial charge on any atom is -0.496 e. The van der Waals surface area contributed by atoms with Crippen LogP contribution in [0.1, 0.15) is 32.7 Å². The number of fused-ring (bicyclic) bond motifs is 1. The van der Waals surface area contributed by atoms with Crippen LogP contribution in [0.15, 0.2) is 91.1 Å². The van der Waals surface area contributed by atoms with E-state index in [0.717, 1.165) is 61.0 Å². The predicted octanol–water partition coefficient (Wildman–Crippen LogP) is 5.76. The van der Waals surface area contributed by atoms with E-state index in [1.807, 2.05) is 42.6 Å². The lowest BCUT2D eigenvalue weighted by Gasteiger charge is -2.29. The second-order valence-corrected chi connectivity index (χ2v) is 11.1. The minimum absolute atomic E-state index is 0.246. The van der Waals surface area contributed by atoms with E-state index in [0.29, 0.717) is 23.5 Å². The van der Waals surface area contributed by atoms with Crippen molar-refractivity contribution in [1.82, 2.24) is 19.9 Å². The molecule has 1 aliphatic heterocycles. The van der Waals surface area contributed by atoms with Gasteiger partial charge in [-0.3, -0.25) is 9.69 Å². The minimum atomic E-state index is -0.246. The number of nitrogens with zero attached hydrogens (tertiary/aromatic N) is 4. The van der Waals surface area contributed by atoms with Crippen molar-refractivity contribution in [2.45, 2.75) is 25.9 Å². The monoisotopic (exact) mass is 618 g/mol. The molecule has 0 aliphatic carbocycles. The zero-order valence-electron chi connectivity index (χ0n) is 26.3. The van der Waals surface area contributed by atoms with Crippen molar-refractivity contribution in [2.75, 3.05) is 45.1 Å². The number of anilines is 2. The summed E-state index contributed by atoms with van der Waals surface area (Å²) in [7, 11) is 4.91. The number of carbonyl (C=O) groups is 1. The molecule has 10 heteroatoms. The van der Waals surface area contributed by atoms with Crippen LogP contribution >= 0.6 is 0 Å². The fraction of sp³-hybridized carbons (Fsp3) is 0.250. The largest absolute Gasteiger partial charge is 0.496 e. The Morgan fingerprint density at radius 1 is 0.826 bits per heavy atom. The summed E-state index contributed by atoms with van der Waals surface area (Å²) in [6.07, 6.45) is 3.87. The van der Waals surface area contributed by atoms with E-state index in [9.17, 15) is 4.79 Å². The Kier molecular flexibility index (Phi) is 9.45. The van der Waals surface area contributed by atoms with Crippen molar-refractivity contribution < 1.29 is 19.0 Å². The molecule has 1 aliphatic rings. The van der Waals surface area contributed by atoms with Crippen LogP contribution in [0.5, 0.6) is 17.2 Å². The zero-order valence-corrected chi connectivity index (χ0v) is 26.3. The van der Waals surface area contributed by atoms with E-state index >= 15 is 0 Å². The summed E-state index contributed by atoms with van der Waals surface area (Å²) in [5.41, 5.74) is 7.53. The van der Waals surface area contributed by atoms with Crippen molar-refractivity contribution in [1.29, 1.82) is 0 Å². The van der Waals surface area contributed by atoms with E-state index < -0.39 is 0 Å². The molecule has 6 rings (SSSR count). The summed E-state index contributed by atoms with van der Waals surface area (Å²) in [6, 6.07) is 27.4. The van der Waals surface area contributed by atoms with Crippen molar-refractivity contribution in [3.8, 4) is 22.9 Å². The fourth-order valence-electron chi connectivity index (χ4n) is 5.69. The lowest BCUT2D eigenvalue weighted by Crippen LogP contribution is -2.32. The quantitative estimate of drug-likeness (QED) is 0.182. The molecule has 46 heavy (non-hydrogen) atoms. The number of ether oxygens (including phenoxy) is 3. The van der Waals surface area contributed by atoms with Crippen molar-refractivity contribution in [2.24, 2.45) is 0 Å². The predicted molar refractivity (Wildman–Crippen MR) is 178 cm³/mol. The van der Waals surface area contributed by atoms with Gasteiger partial charge in [0.2, 0.25) is 0 Å². The standard InChI is InChI=1S/C36H38N6O4/c1-44-33-11-7-4-8-30(33)36(43)38-32-10-6-5-9-31(32)37-22-28-24-42(40-39-28)29-14-12-25(13-15-29)16-18-41-19-17-26-20-34(45-2)35(46-3)21-27(26)23-41/h4-15,20-21,24,37H,16-19,22-23H2,1-3H3,(H,38,43). The molecular formula is C36H38N6O4. The topological polar surface area (TPSA) is 103 Å². The molecule has 10 nitrogen and oxygen atoms in total. The first-order chi connectivity index (χ1) is 22.5. The second-order valence-electron chi connectivity index (χ2n) is 11.1. The Morgan fingerprint density at radius 2 is 1.52 bits per heavy atom. The molecule has 1 amide bonds. The second kappa shape index (κ2) is 14.2. The zero-order chi connectivity index (χ0) is 31.9. The highest BCUT2D eigenvalue weighted by Gasteiger charge is 2.19. The first-order valence-corrected chi connectivity index (χ1v) is 15.3. The van der Waals surface area contributed by atoms with Crippen LogP contribution < -0.4 is 24.8 Å². The fourth-order valence-corrected chi connectivity index (χ4v) is 5.69. The molecule has 0 bridgehead atoms. The number of nitrogens with one attached hydrogen (secondary N) is 2. The lowest BCUT2D eigenvalue weighted by molar-refractivity contribution is 0.102. The maximum atomic E-state index is 13.0. The third-order valence-corrected chi connectivity index (χ3v) is 8.24. The summed E-state index contributed by atoms with van der Waals surface area (Å²) in [5, 5.41) is 15.1. The SMILES string of the molecule is COc1cc2c(cc1OC)CN(CCc1ccc(-n3cc(CNc4ccccc4NC(=O)c4ccccc4OC)nn3)cc1)CC2.